The minimum Gasteiger partial charge on any atom is -0.466 e. The number of carbonyl (C=O) groups excluding carboxylic acids is 2. The molecule has 0 aliphatic rings. The van der Waals surface area contributed by atoms with Crippen LogP contribution in [0.15, 0.2) is 18.7 Å². The molecule has 0 aliphatic carbocycles. The Bertz CT molecular complexity index is 698. The lowest BCUT2D eigenvalue weighted by Gasteiger charge is -2.24. The Morgan fingerprint density at radius 2 is 1.96 bits per heavy atom. The molecule has 0 radical (unpaired) electrons. The number of allylic oxidation sites excluding steroid dienone is 1. The van der Waals surface area contributed by atoms with E-state index in [9.17, 15) is 14.0 Å². The highest BCUT2D eigenvalue weighted by atomic mass is 35.5. The smallest absolute Gasteiger partial charge is 0.408 e. The van der Waals surface area contributed by atoms with Gasteiger partial charge in [0, 0.05) is 16.1 Å². The Hall–Kier alpha value is -2.08. The van der Waals surface area contributed by atoms with Gasteiger partial charge in [-0.15, -0.1) is 0 Å². The van der Waals surface area contributed by atoms with Crippen molar-refractivity contribution < 1.29 is 23.5 Å². The molecule has 0 fully saturated rings. The first-order valence-corrected chi connectivity index (χ1v) is 8.62. The summed E-state index contributed by atoms with van der Waals surface area (Å²) < 4.78 is 25.0. The van der Waals surface area contributed by atoms with Crippen molar-refractivity contribution in [2.75, 3.05) is 6.61 Å². The lowest BCUT2D eigenvalue weighted by atomic mass is 9.97. The fourth-order valence-corrected chi connectivity index (χ4v) is 2.48. The minimum absolute atomic E-state index is 0.0643. The summed E-state index contributed by atoms with van der Waals surface area (Å²) in [6.07, 6.45) is -1.04. The number of benzene rings is 1. The lowest BCUT2D eigenvalue weighted by Crippen LogP contribution is -2.36. The summed E-state index contributed by atoms with van der Waals surface area (Å²) in [7, 11) is 0. The number of esters is 1. The third-order valence-electron chi connectivity index (χ3n) is 3.27. The van der Waals surface area contributed by atoms with Crippen LogP contribution in [0.5, 0.6) is 0 Å². The van der Waals surface area contributed by atoms with E-state index in [0.29, 0.717) is 5.57 Å². The molecule has 0 spiro atoms. The first-order chi connectivity index (χ1) is 11.9. The molecule has 0 bridgehead atoms. The van der Waals surface area contributed by atoms with Crippen LogP contribution in [-0.2, 0) is 14.3 Å². The van der Waals surface area contributed by atoms with Gasteiger partial charge in [-0.05, 0) is 52.3 Å². The molecule has 0 aromatic heterocycles. The van der Waals surface area contributed by atoms with Crippen LogP contribution in [0.4, 0.5) is 9.18 Å². The van der Waals surface area contributed by atoms with Crippen molar-refractivity contribution in [3.63, 3.8) is 0 Å². The van der Waals surface area contributed by atoms with Crippen LogP contribution in [0, 0.1) is 5.82 Å². The van der Waals surface area contributed by atoms with E-state index < -0.39 is 29.5 Å². The number of halogens is 2. The van der Waals surface area contributed by atoms with Gasteiger partial charge in [-0.2, -0.15) is 0 Å². The molecule has 0 aliphatic heterocycles. The zero-order valence-corrected chi connectivity index (χ0v) is 16.5. The van der Waals surface area contributed by atoms with Crippen molar-refractivity contribution >= 4 is 29.2 Å². The van der Waals surface area contributed by atoms with Crippen LogP contribution in [-0.4, -0.2) is 24.3 Å². The van der Waals surface area contributed by atoms with Crippen LogP contribution in [0.1, 0.15) is 58.2 Å². The average molecular weight is 386 g/mol. The number of alkyl carbamates (subject to hydrolysis) is 1. The van der Waals surface area contributed by atoms with Gasteiger partial charge in [-0.3, -0.25) is 4.79 Å². The van der Waals surface area contributed by atoms with Gasteiger partial charge in [0.05, 0.1) is 19.1 Å². The fourth-order valence-electron chi connectivity index (χ4n) is 2.25. The van der Waals surface area contributed by atoms with Crippen molar-refractivity contribution in [1.82, 2.24) is 5.32 Å². The zero-order valence-electron chi connectivity index (χ0n) is 15.7. The Morgan fingerprint density at radius 3 is 2.46 bits per heavy atom. The van der Waals surface area contributed by atoms with E-state index in [1.807, 2.05) is 0 Å². The normalized spacial score (nSPS) is 12.3. The Labute approximate surface area is 158 Å². The van der Waals surface area contributed by atoms with E-state index >= 15 is 0 Å². The van der Waals surface area contributed by atoms with E-state index in [1.165, 1.54) is 12.1 Å². The number of hydrogen-bond donors (Lipinski definition) is 1. The molecule has 1 aromatic carbocycles. The molecule has 1 amide bonds. The molecule has 1 atom stereocenters. The Kier molecular flexibility index (Phi) is 7.63. The van der Waals surface area contributed by atoms with Crippen LogP contribution in [0.25, 0.3) is 5.57 Å². The van der Waals surface area contributed by atoms with Crippen molar-refractivity contribution in [3.05, 3.63) is 40.7 Å². The first-order valence-electron chi connectivity index (χ1n) is 8.24. The molecule has 0 saturated carbocycles. The quantitative estimate of drug-likeness (QED) is 0.697. The average Bonchev–Trinajstić information content (AvgIpc) is 2.46. The van der Waals surface area contributed by atoms with Crippen molar-refractivity contribution in [1.29, 1.82) is 0 Å². The molecule has 5 nitrogen and oxygen atoms in total. The second-order valence-electron chi connectivity index (χ2n) is 6.84. The highest BCUT2D eigenvalue weighted by Gasteiger charge is 2.26. The van der Waals surface area contributed by atoms with Gasteiger partial charge in [0.25, 0.3) is 0 Å². The van der Waals surface area contributed by atoms with E-state index in [2.05, 4.69) is 11.9 Å². The summed E-state index contributed by atoms with van der Waals surface area (Å²) >= 11 is 6.08. The second-order valence-corrected chi connectivity index (χ2v) is 7.28. The number of ether oxygens (including phenoxy) is 2. The van der Waals surface area contributed by atoms with Crippen LogP contribution in [0.2, 0.25) is 5.02 Å². The van der Waals surface area contributed by atoms with Crippen LogP contribution in [0.3, 0.4) is 0 Å². The summed E-state index contributed by atoms with van der Waals surface area (Å²) in [5.41, 5.74) is 0.00839. The van der Waals surface area contributed by atoms with Crippen molar-refractivity contribution in [2.24, 2.45) is 0 Å². The summed E-state index contributed by atoms with van der Waals surface area (Å²) in [5, 5.41) is 2.79. The number of rotatable bonds is 6. The van der Waals surface area contributed by atoms with Gasteiger partial charge in [-0.1, -0.05) is 18.2 Å². The summed E-state index contributed by atoms with van der Waals surface area (Å²) in [5.74, 6) is -1.18. The van der Waals surface area contributed by atoms with E-state index in [-0.39, 0.29) is 29.2 Å². The molecule has 1 N–H and O–H groups in total. The van der Waals surface area contributed by atoms with Gasteiger partial charge in [0.1, 0.15) is 11.4 Å². The number of hydrogen-bond acceptors (Lipinski definition) is 4. The molecule has 144 valence electrons. The topological polar surface area (TPSA) is 64.6 Å². The predicted octanol–water partition coefficient (Wildman–Crippen LogP) is 5.03. The zero-order chi connectivity index (χ0) is 20.1. The molecule has 1 rings (SSSR count). The molecular formula is C19H25ClFNO4. The molecular weight excluding hydrogens is 361 g/mol. The van der Waals surface area contributed by atoms with E-state index in [4.69, 9.17) is 21.1 Å². The third-order valence-corrected chi connectivity index (χ3v) is 3.49. The molecule has 0 heterocycles. The Morgan fingerprint density at radius 1 is 1.35 bits per heavy atom. The summed E-state index contributed by atoms with van der Waals surface area (Å²) in [6, 6.07) is 1.81. The van der Waals surface area contributed by atoms with E-state index in [0.717, 1.165) is 0 Å². The summed E-state index contributed by atoms with van der Waals surface area (Å²) in [4.78, 5) is 24.1. The number of carbonyl (C=O) groups is 2. The van der Waals surface area contributed by atoms with Gasteiger partial charge in [-0.25, -0.2) is 9.18 Å². The number of nitrogens with one attached hydrogen (secondary N) is 1. The maximum Gasteiger partial charge on any atom is 0.408 e. The third kappa shape index (κ3) is 6.67. The lowest BCUT2D eigenvalue weighted by molar-refractivity contribution is -0.143. The maximum atomic E-state index is 14.9. The van der Waals surface area contributed by atoms with Crippen molar-refractivity contribution in [2.45, 2.75) is 52.7 Å². The molecule has 26 heavy (non-hydrogen) atoms. The first kappa shape index (κ1) is 22.0. The van der Waals surface area contributed by atoms with Crippen LogP contribution < -0.4 is 5.32 Å². The monoisotopic (exact) mass is 385 g/mol. The summed E-state index contributed by atoms with van der Waals surface area (Å²) in [6.45, 7) is 12.3. The molecule has 7 heteroatoms. The minimum atomic E-state index is -0.999. The van der Waals surface area contributed by atoms with Gasteiger partial charge in [0.15, 0.2) is 0 Å². The number of amides is 1. The Balaban J connectivity index is 3.25. The van der Waals surface area contributed by atoms with Crippen molar-refractivity contribution in [3.8, 4) is 0 Å². The SMILES string of the molecule is C=C(C)c1cc(Cl)cc([C@H](CC(=O)OCC)NC(=O)OC(C)(C)C)c1F. The van der Waals surface area contributed by atoms with E-state index in [1.54, 1.807) is 34.6 Å². The van der Waals surface area contributed by atoms with Gasteiger partial charge < -0.3 is 14.8 Å². The maximum absolute atomic E-state index is 14.9. The highest BCUT2D eigenvalue weighted by molar-refractivity contribution is 6.30. The predicted molar refractivity (Wildman–Crippen MR) is 99.5 cm³/mol. The highest BCUT2D eigenvalue weighted by Crippen LogP contribution is 2.30. The molecule has 0 unspecified atom stereocenters. The fraction of sp³-hybridized carbons (Fsp3) is 0.474. The largest absolute Gasteiger partial charge is 0.466 e. The second kappa shape index (κ2) is 9.03. The molecule has 0 saturated heterocycles. The van der Waals surface area contributed by atoms with Gasteiger partial charge >= 0.3 is 12.1 Å². The van der Waals surface area contributed by atoms with Crippen LogP contribution >= 0.6 is 11.6 Å². The van der Waals surface area contributed by atoms with Gasteiger partial charge in [0.2, 0.25) is 0 Å². The standard InChI is InChI=1S/C19H25ClFNO4/c1-7-25-16(23)10-15(22-18(24)26-19(4,5)6)14-9-12(20)8-13(11(2)3)17(14)21/h8-9,15H,2,7,10H2,1,3-6H3,(H,22,24)/t15-/m0/s1. The molecule has 1 aromatic rings.